The van der Waals surface area contributed by atoms with Gasteiger partial charge in [-0.05, 0) is 36.2 Å². The summed E-state index contributed by atoms with van der Waals surface area (Å²) in [4.78, 5) is -0.0272. The van der Waals surface area contributed by atoms with Crippen LogP contribution < -0.4 is 4.74 Å². The maximum absolute atomic E-state index is 6.34. The Hall–Kier alpha value is -0.220. The van der Waals surface area contributed by atoms with E-state index in [-0.39, 0.29) is 4.83 Å². The van der Waals surface area contributed by atoms with E-state index in [2.05, 4.69) is 31.9 Å². The molecule has 0 fully saturated rings. The normalized spacial score (nSPS) is 12.2. The summed E-state index contributed by atoms with van der Waals surface area (Å²) in [6, 6.07) is 11.6. The first-order valence-corrected chi connectivity index (χ1v) is 8.50. The fraction of sp³-hybridized carbons (Fsp3) is 0.200. The third-order valence-electron chi connectivity index (χ3n) is 2.77. The topological polar surface area (TPSA) is 9.23 Å². The minimum absolute atomic E-state index is 0.0272. The lowest BCUT2D eigenvalue weighted by atomic mass is 10.0. The fourth-order valence-electron chi connectivity index (χ4n) is 1.85. The Bertz CT molecular complexity index is 617. The van der Waals surface area contributed by atoms with Crippen LogP contribution in [0.4, 0.5) is 0 Å². The van der Waals surface area contributed by atoms with E-state index in [0.717, 1.165) is 15.6 Å². The molecule has 1 unspecified atom stereocenters. The summed E-state index contributed by atoms with van der Waals surface area (Å²) in [6.07, 6.45) is 0. The molecule has 1 atom stereocenters. The lowest BCUT2D eigenvalue weighted by Crippen LogP contribution is -1.97. The van der Waals surface area contributed by atoms with Crippen molar-refractivity contribution in [3.8, 4) is 5.75 Å². The van der Waals surface area contributed by atoms with Crippen LogP contribution in [0.3, 0.4) is 0 Å². The first kappa shape index (κ1) is 16.2. The van der Waals surface area contributed by atoms with Gasteiger partial charge in [-0.3, -0.25) is 0 Å². The van der Waals surface area contributed by atoms with Crippen LogP contribution in [-0.4, -0.2) is 6.61 Å². The molecule has 0 aliphatic heterocycles. The molecule has 0 amide bonds. The quantitative estimate of drug-likeness (QED) is 0.486. The van der Waals surface area contributed by atoms with E-state index in [9.17, 15) is 0 Å². The molecule has 0 spiro atoms. The lowest BCUT2D eigenvalue weighted by molar-refractivity contribution is 0.340. The van der Waals surface area contributed by atoms with E-state index < -0.39 is 0 Å². The van der Waals surface area contributed by atoms with E-state index in [1.54, 1.807) is 6.07 Å². The first-order valence-electron chi connectivity index (χ1n) is 6.04. The van der Waals surface area contributed by atoms with Gasteiger partial charge in [0.2, 0.25) is 0 Å². The predicted octanol–water partition coefficient (Wildman–Crippen LogP) is 6.64. The summed E-state index contributed by atoms with van der Waals surface area (Å²) in [5, 5.41) is 1.19. The standard InChI is InChI=1S/C15H12Br2Cl2O/c1-2-20-14-8-12(18)11(7-13(14)19)15(17)9-4-3-5-10(16)6-9/h3-8,15H,2H2,1H3. The van der Waals surface area contributed by atoms with Crippen molar-refractivity contribution in [2.45, 2.75) is 11.8 Å². The van der Waals surface area contributed by atoms with E-state index >= 15 is 0 Å². The van der Waals surface area contributed by atoms with E-state index in [1.807, 2.05) is 37.3 Å². The van der Waals surface area contributed by atoms with Gasteiger partial charge in [0.25, 0.3) is 0 Å². The molecule has 5 heteroatoms. The molecule has 20 heavy (non-hydrogen) atoms. The fourth-order valence-corrected chi connectivity index (χ4v) is 3.55. The third kappa shape index (κ3) is 3.70. The minimum Gasteiger partial charge on any atom is -0.492 e. The van der Waals surface area contributed by atoms with Crippen molar-refractivity contribution in [2.24, 2.45) is 0 Å². The minimum atomic E-state index is -0.0272. The highest BCUT2D eigenvalue weighted by atomic mass is 79.9. The van der Waals surface area contributed by atoms with Crippen molar-refractivity contribution in [1.82, 2.24) is 0 Å². The van der Waals surface area contributed by atoms with Crippen LogP contribution >= 0.6 is 55.1 Å². The van der Waals surface area contributed by atoms with Crippen molar-refractivity contribution in [2.75, 3.05) is 6.61 Å². The molecule has 0 aliphatic carbocycles. The van der Waals surface area contributed by atoms with E-state index in [4.69, 9.17) is 27.9 Å². The SMILES string of the molecule is CCOc1cc(Cl)c(C(Br)c2cccc(Br)c2)cc1Cl. The Morgan fingerprint density at radius 3 is 2.55 bits per heavy atom. The third-order valence-corrected chi connectivity index (χ3v) is 4.90. The molecule has 2 aromatic carbocycles. The van der Waals surface area contributed by atoms with E-state index in [0.29, 0.717) is 22.4 Å². The number of rotatable bonds is 4. The zero-order chi connectivity index (χ0) is 14.7. The number of hydrogen-bond donors (Lipinski definition) is 0. The molecule has 0 saturated carbocycles. The van der Waals surface area contributed by atoms with Crippen LogP contribution in [0.15, 0.2) is 40.9 Å². The second kappa shape index (κ2) is 7.17. The van der Waals surface area contributed by atoms with Crippen LogP contribution in [0.2, 0.25) is 10.0 Å². The molecule has 106 valence electrons. The predicted molar refractivity (Wildman–Crippen MR) is 92.5 cm³/mol. The molecule has 0 bridgehead atoms. The highest BCUT2D eigenvalue weighted by Gasteiger charge is 2.17. The van der Waals surface area contributed by atoms with Crippen molar-refractivity contribution >= 4 is 55.1 Å². The summed E-state index contributed by atoms with van der Waals surface area (Å²) in [7, 11) is 0. The van der Waals surface area contributed by atoms with Gasteiger partial charge in [0.1, 0.15) is 5.75 Å². The monoisotopic (exact) mass is 436 g/mol. The summed E-state index contributed by atoms with van der Waals surface area (Å²) < 4.78 is 6.46. The number of benzene rings is 2. The van der Waals surface area contributed by atoms with Gasteiger partial charge in [0.15, 0.2) is 0 Å². The molecule has 2 rings (SSSR count). The number of ether oxygens (including phenoxy) is 1. The van der Waals surface area contributed by atoms with Crippen molar-refractivity contribution in [3.05, 3.63) is 62.0 Å². The first-order chi connectivity index (χ1) is 9.52. The summed E-state index contributed by atoms with van der Waals surface area (Å²) >= 11 is 19.7. The molecule has 2 aromatic rings. The van der Waals surface area contributed by atoms with Gasteiger partial charge in [0, 0.05) is 15.6 Å². The molecular weight excluding hydrogens is 427 g/mol. The lowest BCUT2D eigenvalue weighted by Gasteiger charge is -2.15. The van der Waals surface area contributed by atoms with Crippen LogP contribution in [-0.2, 0) is 0 Å². The second-order valence-corrected chi connectivity index (χ2v) is 6.80. The molecule has 0 saturated heterocycles. The molecule has 0 heterocycles. The van der Waals surface area contributed by atoms with Crippen LogP contribution in [0.1, 0.15) is 22.9 Å². The number of halogens is 4. The van der Waals surface area contributed by atoms with Gasteiger partial charge < -0.3 is 4.74 Å². The smallest absolute Gasteiger partial charge is 0.139 e. The Balaban J connectivity index is 2.40. The van der Waals surface area contributed by atoms with Crippen LogP contribution in [0.5, 0.6) is 5.75 Å². The van der Waals surface area contributed by atoms with Gasteiger partial charge in [0.05, 0.1) is 16.5 Å². The molecule has 0 radical (unpaired) electrons. The molecule has 0 aliphatic rings. The zero-order valence-electron chi connectivity index (χ0n) is 10.7. The maximum atomic E-state index is 6.34. The Kier molecular flexibility index (Phi) is 5.79. The molecule has 0 N–H and O–H groups in total. The van der Waals surface area contributed by atoms with Crippen molar-refractivity contribution in [3.63, 3.8) is 0 Å². The molecule has 1 nitrogen and oxygen atoms in total. The van der Waals surface area contributed by atoms with Crippen molar-refractivity contribution in [1.29, 1.82) is 0 Å². The maximum Gasteiger partial charge on any atom is 0.139 e. The van der Waals surface area contributed by atoms with Crippen LogP contribution in [0.25, 0.3) is 0 Å². The highest BCUT2D eigenvalue weighted by Crippen LogP contribution is 2.40. The summed E-state index contributed by atoms with van der Waals surface area (Å²) in [5.41, 5.74) is 2.01. The van der Waals surface area contributed by atoms with Gasteiger partial charge in [-0.15, -0.1) is 0 Å². The Morgan fingerprint density at radius 2 is 1.90 bits per heavy atom. The second-order valence-electron chi connectivity index (χ2n) is 4.15. The van der Waals surface area contributed by atoms with Gasteiger partial charge in [-0.25, -0.2) is 0 Å². The van der Waals surface area contributed by atoms with Gasteiger partial charge in [-0.1, -0.05) is 67.2 Å². The Labute approximate surface area is 145 Å². The average Bonchev–Trinajstić information content (AvgIpc) is 2.42. The Morgan fingerprint density at radius 1 is 1.15 bits per heavy atom. The number of hydrogen-bond acceptors (Lipinski definition) is 1. The number of alkyl halides is 1. The van der Waals surface area contributed by atoms with Crippen LogP contribution in [0, 0.1) is 0 Å². The molecular formula is C15H12Br2Cl2O. The summed E-state index contributed by atoms with van der Waals surface area (Å²) in [6.45, 7) is 2.46. The summed E-state index contributed by atoms with van der Waals surface area (Å²) in [5.74, 6) is 0.608. The van der Waals surface area contributed by atoms with Gasteiger partial charge >= 0.3 is 0 Å². The van der Waals surface area contributed by atoms with Gasteiger partial charge in [-0.2, -0.15) is 0 Å². The average molecular weight is 439 g/mol. The largest absolute Gasteiger partial charge is 0.492 e. The van der Waals surface area contributed by atoms with E-state index in [1.165, 1.54) is 0 Å². The highest BCUT2D eigenvalue weighted by molar-refractivity contribution is 9.10. The zero-order valence-corrected chi connectivity index (χ0v) is 15.4. The van der Waals surface area contributed by atoms with Crippen molar-refractivity contribution < 1.29 is 4.74 Å². The molecule has 0 aromatic heterocycles.